The second kappa shape index (κ2) is 8.60. The monoisotopic (exact) mass is 215 g/mol. The zero-order valence-corrected chi connectivity index (χ0v) is 10.4. The van der Waals surface area contributed by atoms with E-state index in [1.165, 1.54) is 63.1 Å². The van der Waals surface area contributed by atoms with Gasteiger partial charge in [-0.15, -0.1) is 0 Å². The molecule has 2 heteroatoms. The highest BCUT2D eigenvalue weighted by molar-refractivity contribution is 7.99. The Morgan fingerprint density at radius 2 is 1.93 bits per heavy atom. The summed E-state index contributed by atoms with van der Waals surface area (Å²) < 4.78 is 0. The topological polar surface area (TPSA) is 12.0 Å². The van der Waals surface area contributed by atoms with Crippen LogP contribution in [0.5, 0.6) is 0 Å². The molecule has 1 saturated carbocycles. The molecule has 1 aliphatic carbocycles. The van der Waals surface area contributed by atoms with Crippen LogP contribution in [0.3, 0.4) is 0 Å². The van der Waals surface area contributed by atoms with Gasteiger partial charge in [-0.05, 0) is 37.5 Å². The molecule has 0 aliphatic heterocycles. The molecule has 0 aromatic rings. The molecule has 1 rings (SSSR count). The smallest absolute Gasteiger partial charge is 0.00581 e. The summed E-state index contributed by atoms with van der Waals surface area (Å²) in [6.07, 6.45) is 8.66. The second-order valence-corrected chi connectivity index (χ2v) is 5.55. The van der Waals surface area contributed by atoms with E-state index >= 15 is 0 Å². The SMILES string of the molecule is CCCSCCNCC1CCCCC1. The van der Waals surface area contributed by atoms with Crippen molar-refractivity contribution in [1.82, 2.24) is 5.32 Å². The van der Waals surface area contributed by atoms with Crippen molar-refractivity contribution in [2.75, 3.05) is 24.6 Å². The number of thioether (sulfide) groups is 1. The van der Waals surface area contributed by atoms with Crippen LogP contribution in [0.25, 0.3) is 0 Å². The number of hydrogen-bond acceptors (Lipinski definition) is 2. The van der Waals surface area contributed by atoms with E-state index in [2.05, 4.69) is 24.0 Å². The molecule has 0 spiro atoms. The Morgan fingerprint density at radius 1 is 1.14 bits per heavy atom. The summed E-state index contributed by atoms with van der Waals surface area (Å²) in [5.74, 6) is 3.60. The third kappa shape index (κ3) is 5.92. The first-order valence-electron chi connectivity index (χ1n) is 6.22. The predicted octanol–water partition coefficient (Wildman–Crippen LogP) is 3.30. The fourth-order valence-electron chi connectivity index (χ4n) is 2.09. The predicted molar refractivity (Wildman–Crippen MR) is 67.1 cm³/mol. The summed E-state index contributed by atoms with van der Waals surface area (Å²) in [5, 5.41) is 3.59. The lowest BCUT2D eigenvalue weighted by Crippen LogP contribution is -2.26. The standard InChI is InChI=1S/C12H25NS/c1-2-9-14-10-8-13-11-12-6-4-3-5-7-12/h12-13H,2-11H2,1H3. The zero-order valence-electron chi connectivity index (χ0n) is 9.56. The third-order valence-electron chi connectivity index (χ3n) is 2.93. The van der Waals surface area contributed by atoms with Crippen LogP contribution in [0.15, 0.2) is 0 Å². The van der Waals surface area contributed by atoms with Crippen LogP contribution in [0.4, 0.5) is 0 Å². The van der Waals surface area contributed by atoms with Gasteiger partial charge < -0.3 is 5.32 Å². The van der Waals surface area contributed by atoms with Gasteiger partial charge in [0, 0.05) is 12.3 Å². The lowest BCUT2D eigenvalue weighted by Gasteiger charge is -2.21. The van der Waals surface area contributed by atoms with Crippen molar-refractivity contribution in [2.24, 2.45) is 5.92 Å². The minimum absolute atomic E-state index is 0.986. The van der Waals surface area contributed by atoms with Gasteiger partial charge in [0.25, 0.3) is 0 Å². The maximum Gasteiger partial charge on any atom is 0.00581 e. The lowest BCUT2D eigenvalue weighted by molar-refractivity contribution is 0.345. The Labute approximate surface area is 93.4 Å². The first-order valence-corrected chi connectivity index (χ1v) is 7.37. The molecule has 0 bridgehead atoms. The van der Waals surface area contributed by atoms with Gasteiger partial charge in [0.1, 0.15) is 0 Å². The molecule has 0 aromatic carbocycles. The molecule has 1 nitrogen and oxygen atoms in total. The lowest BCUT2D eigenvalue weighted by atomic mass is 9.89. The van der Waals surface area contributed by atoms with Gasteiger partial charge in [-0.25, -0.2) is 0 Å². The molecule has 0 atom stereocenters. The molecule has 0 unspecified atom stereocenters. The van der Waals surface area contributed by atoms with Gasteiger partial charge in [-0.3, -0.25) is 0 Å². The maximum atomic E-state index is 3.59. The highest BCUT2D eigenvalue weighted by Crippen LogP contribution is 2.22. The fourth-order valence-corrected chi connectivity index (χ4v) is 2.87. The quantitative estimate of drug-likeness (QED) is 0.654. The Kier molecular flexibility index (Phi) is 7.61. The van der Waals surface area contributed by atoms with Crippen LogP contribution in [0.2, 0.25) is 0 Å². The summed E-state index contributed by atoms with van der Waals surface area (Å²) in [4.78, 5) is 0. The Balaban J connectivity index is 1.82. The molecule has 0 heterocycles. The zero-order chi connectivity index (χ0) is 10.1. The molecule has 14 heavy (non-hydrogen) atoms. The molecule has 0 radical (unpaired) electrons. The van der Waals surface area contributed by atoms with Crippen LogP contribution < -0.4 is 5.32 Å². The van der Waals surface area contributed by atoms with Gasteiger partial charge in [0.15, 0.2) is 0 Å². The van der Waals surface area contributed by atoms with Crippen molar-refractivity contribution < 1.29 is 0 Å². The van der Waals surface area contributed by atoms with Gasteiger partial charge in [-0.2, -0.15) is 11.8 Å². The molecular weight excluding hydrogens is 190 g/mol. The first-order chi connectivity index (χ1) is 6.93. The van der Waals surface area contributed by atoms with Crippen molar-refractivity contribution in [3.8, 4) is 0 Å². The van der Waals surface area contributed by atoms with Crippen LogP contribution in [0.1, 0.15) is 45.4 Å². The van der Waals surface area contributed by atoms with Gasteiger partial charge >= 0.3 is 0 Å². The average Bonchev–Trinajstić information content (AvgIpc) is 2.25. The van der Waals surface area contributed by atoms with Crippen LogP contribution in [0, 0.1) is 5.92 Å². The second-order valence-electron chi connectivity index (χ2n) is 4.32. The largest absolute Gasteiger partial charge is 0.316 e. The first kappa shape index (κ1) is 12.4. The highest BCUT2D eigenvalue weighted by atomic mass is 32.2. The Bertz CT molecular complexity index is 121. The summed E-state index contributed by atoms with van der Waals surface area (Å²) in [5.41, 5.74) is 0. The van der Waals surface area contributed by atoms with Gasteiger partial charge in [0.05, 0.1) is 0 Å². The summed E-state index contributed by atoms with van der Waals surface area (Å²) in [6.45, 7) is 4.73. The minimum atomic E-state index is 0.986. The van der Waals surface area contributed by atoms with Crippen LogP contribution >= 0.6 is 11.8 Å². The normalized spacial score (nSPS) is 18.6. The van der Waals surface area contributed by atoms with E-state index in [-0.39, 0.29) is 0 Å². The van der Waals surface area contributed by atoms with Crippen molar-refractivity contribution in [2.45, 2.75) is 45.4 Å². The number of hydrogen-bond donors (Lipinski definition) is 1. The van der Waals surface area contributed by atoms with Crippen LogP contribution in [-0.2, 0) is 0 Å². The Hall–Kier alpha value is 0.310. The molecule has 0 amide bonds. The molecule has 0 aromatic heterocycles. The van der Waals surface area contributed by atoms with E-state index in [1.807, 2.05) is 0 Å². The molecular formula is C12H25NS. The van der Waals surface area contributed by atoms with Crippen molar-refractivity contribution in [1.29, 1.82) is 0 Å². The van der Waals surface area contributed by atoms with E-state index in [0.29, 0.717) is 0 Å². The van der Waals surface area contributed by atoms with Crippen molar-refractivity contribution in [3.63, 3.8) is 0 Å². The van der Waals surface area contributed by atoms with Gasteiger partial charge in [-0.1, -0.05) is 26.2 Å². The summed E-state index contributed by atoms with van der Waals surface area (Å²) in [6, 6.07) is 0. The third-order valence-corrected chi connectivity index (χ3v) is 4.12. The van der Waals surface area contributed by atoms with Crippen molar-refractivity contribution >= 4 is 11.8 Å². The number of nitrogens with one attached hydrogen (secondary N) is 1. The minimum Gasteiger partial charge on any atom is -0.316 e. The molecule has 84 valence electrons. The molecule has 1 fully saturated rings. The van der Waals surface area contributed by atoms with E-state index in [4.69, 9.17) is 0 Å². The van der Waals surface area contributed by atoms with E-state index in [0.717, 1.165) is 5.92 Å². The maximum absolute atomic E-state index is 3.59. The summed E-state index contributed by atoms with van der Waals surface area (Å²) in [7, 11) is 0. The molecule has 0 saturated heterocycles. The highest BCUT2D eigenvalue weighted by Gasteiger charge is 2.11. The Morgan fingerprint density at radius 3 is 2.64 bits per heavy atom. The van der Waals surface area contributed by atoms with E-state index in [1.54, 1.807) is 0 Å². The average molecular weight is 215 g/mol. The van der Waals surface area contributed by atoms with E-state index < -0.39 is 0 Å². The van der Waals surface area contributed by atoms with E-state index in [9.17, 15) is 0 Å². The number of rotatable bonds is 7. The van der Waals surface area contributed by atoms with Crippen LogP contribution in [-0.4, -0.2) is 24.6 Å². The van der Waals surface area contributed by atoms with Gasteiger partial charge in [0.2, 0.25) is 0 Å². The van der Waals surface area contributed by atoms with Crippen molar-refractivity contribution in [3.05, 3.63) is 0 Å². The fraction of sp³-hybridized carbons (Fsp3) is 1.00. The molecule has 1 aliphatic rings. The molecule has 1 N–H and O–H groups in total. The summed E-state index contributed by atoms with van der Waals surface area (Å²) >= 11 is 2.08.